The molecule has 3 amide bonds. The van der Waals surface area contributed by atoms with E-state index in [9.17, 15) is 19.2 Å². The number of thiazole rings is 1. The van der Waals surface area contributed by atoms with Crippen molar-refractivity contribution < 1.29 is 24.3 Å². The van der Waals surface area contributed by atoms with Gasteiger partial charge in [-0.25, -0.2) is 9.88 Å². The van der Waals surface area contributed by atoms with Gasteiger partial charge >= 0.3 is 5.97 Å². The topological polar surface area (TPSA) is 117 Å². The highest BCUT2D eigenvalue weighted by Gasteiger charge is 2.41. The monoisotopic (exact) mass is 405 g/mol. The van der Waals surface area contributed by atoms with Crippen LogP contribution in [0.3, 0.4) is 0 Å². The molecule has 1 aromatic carbocycles. The number of carbonyl (C=O) groups is 4. The Labute approximate surface area is 162 Å². The molecule has 0 saturated carbocycles. The number of amides is 3. The maximum Gasteiger partial charge on any atom is 0.309 e. The van der Waals surface area contributed by atoms with Crippen molar-refractivity contribution in [2.24, 2.45) is 0 Å². The minimum absolute atomic E-state index is 0.175. The number of carbonyl (C=O) groups excluding carboxylic acids is 3. The number of nitrogens with one attached hydrogen (secondary N) is 1. The van der Waals surface area contributed by atoms with Gasteiger partial charge in [0.25, 0.3) is 5.24 Å². The molecule has 1 atom stereocenters. The number of hydrogen-bond donors (Lipinski definition) is 2. The normalized spacial score (nSPS) is 16.6. The van der Waals surface area contributed by atoms with Crippen LogP contribution in [0.1, 0.15) is 17.7 Å². The molecule has 2 aromatic rings. The summed E-state index contributed by atoms with van der Waals surface area (Å²) in [7, 11) is 0. The van der Waals surface area contributed by atoms with Crippen LogP contribution in [0.4, 0.5) is 15.6 Å². The molecule has 2 N–H and O–H groups in total. The van der Waals surface area contributed by atoms with Gasteiger partial charge in [0, 0.05) is 11.8 Å². The molecule has 0 radical (unpaired) electrons. The molecule has 1 aromatic heterocycles. The van der Waals surface area contributed by atoms with Gasteiger partial charge in [-0.3, -0.25) is 19.2 Å². The van der Waals surface area contributed by atoms with E-state index in [0.717, 1.165) is 33.6 Å². The Bertz CT molecular complexity index is 910. The SMILES string of the molecule is Cc1ccc(N2C(=O)SC(CC(=O)Nc3nc(CC(=O)O)cs3)C2=O)cc1. The predicted molar refractivity (Wildman–Crippen MR) is 102 cm³/mol. The van der Waals surface area contributed by atoms with Crippen LogP contribution in [0.5, 0.6) is 0 Å². The summed E-state index contributed by atoms with van der Waals surface area (Å²) in [4.78, 5) is 52.7. The summed E-state index contributed by atoms with van der Waals surface area (Å²) in [5.74, 6) is -1.91. The third-order valence-corrected chi connectivity index (χ3v) is 5.56. The van der Waals surface area contributed by atoms with E-state index in [-0.39, 0.29) is 18.0 Å². The molecule has 8 nitrogen and oxygen atoms in total. The third-order valence-electron chi connectivity index (χ3n) is 3.71. The second kappa shape index (κ2) is 7.89. The van der Waals surface area contributed by atoms with E-state index in [1.165, 1.54) is 0 Å². The smallest absolute Gasteiger partial charge is 0.309 e. The number of carboxylic acids is 1. The van der Waals surface area contributed by atoms with Crippen LogP contribution < -0.4 is 10.2 Å². The summed E-state index contributed by atoms with van der Waals surface area (Å²) < 4.78 is 0. The van der Waals surface area contributed by atoms with E-state index >= 15 is 0 Å². The minimum atomic E-state index is -1.01. The highest BCUT2D eigenvalue weighted by molar-refractivity contribution is 8.15. The van der Waals surface area contributed by atoms with Crippen LogP contribution in [-0.4, -0.2) is 38.4 Å². The van der Waals surface area contributed by atoms with E-state index in [2.05, 4.69) is 10.3 Å². The zero-order valence-corrected chi connectivity index (χ0v) is 15.8. The van der Waals surface area contributed by atoms with Crippen LogP contribution in [0, 0.1) is 6.92 Å². The van der Waals surface area contributed by atoms with E-state index in [4.69, 9.17) is 5.11 Å². The van der Waals surface area contributed by atoms with Crippen molar-refractivity contribution in [2.75, 3.05) is 10.2 Å². The van der Waals surface area contributed by atoms with Crippen LogP contribution in [-0.2, 0) is 20.8 Å². The van der Waals surface area contributed by atoms with Crippen molar-refractivity contribution in [3.63, 3.8) is 0 Å². The molecule has 3 rings (SSSR count). The van der Waals surface area contributed by atoms with Gasteiger partial charge in [-0.2, -0.15) is 0 Å². The molecule has 0 bridgehead atoms. The molecule has 1 aliphatic heterocycles. The van der Waals surface area contributed by atoms with E-state index in [1.54, 1.807) is 29.6 Å². The Hall–Kier alpha value is -2.72. The third kappa shape index (κ3) is 4.52. The molecule has 1 fully saturated rings. The number of nitrogens with zero attached hydrogens (tertiary/aromatic N) is 2. The van der Waals surface area contributed by atoms with Crippen LogP contribution >= 0.6 is 23.1 Å². The van der Waals surface area contributed by atoms with E-state index in [1.807, 2.05) is 6.92 Å². The Morgan fingerprint density at radius 2 is 1.96 bits per heavy atom. The van der Waals surface area contributed by atoms with Crippen molar-refractivity contribution in [3.8, 4) is 0 Å². The molecule has 0 spiro atoms. The summed E-state index contributed by atoms with van der Waals surface area (Å²) in [5.41, 5.74) is 1.83. The first-order valence-corrected chi connectivity index (χ1v) is 9.66. The molecule has 2 heterocycles. The zero-order chi connectivity index (χ0) is 19.6. The van der Waals surface area contributed by atoms with Gasteiger partial charge in [-0.15, -0.1) is 11.3 Å². The van der Waals surface area contributed by atoms with Crippen molar-refractivity contribution in [2.45, 2.75) is 25.0 Å². The lowest BCUT2D eigenvalue weighted by Gasteiger charge is -2.14. The molecular formula is C17H15N3O5S2. The average molecular weight is 405 g/mol. The van der Waals surface area contributed by atoms with Crippen molar-refractivity contribution in [1.82, 2.24) is 4.98 Å². The summed E-state index contributed by atoms with van der Waals surface area (Å²) >= 11 is 1.92. The van der Waals surface area contributed by atoms with E-state index in [0.29, 0.717) is 11.4 Å². The fourth-order valence-corrected chi connectivity index (χ4v) is 4.16. The maximum absolute atomic E-state index is 12.5. The lowest BCUT2D eigenvalue weighted by molar-refractivity contribution is -0.136. The van der Waals surface area contributed by atoms with Crippen LogP contribution in [0.15, 0.2) is 29.6 Å². The Morgan fingerprint density at radius 3 is 2.63 bits per heavy atom. The van der Waals surface area contributed by atoms with Gasteiger partial charge in [0.05, 0.1) is 17.8 Å². The number of aromatic nitrogens is 1. The number of hydrogen-bond acceptors (Lipinski definition) is 7. The highest BCUT2D eigenvalue weighted by atomic mass is 32.2. The number of imide groups is 1. The van der Waals surface area contributed by atoms with E-state index < -0.39 is 28.3 Å². The van der Waals surface area contributed by atoms with Crippen LogP contribution in [0.2, 0.25) is 0 Å². The van der Waals surface area contributed by atoms with Crippen molar-refractivity contribution >= 4 is 56.9 Å². The summed E-state index contributed by atoms with van der Waals surface area (Å²) in [6.45, 7) is 1.90. The maximum atomic E-state index is 12.5. The standard InChI is InChI=1S/C17H15N3O5S2/c1-9-2-4-11(5-3-9)20-15(24)12(27-17(20)25)7-13(21)19-16-18-10(8-26-16)6-14(22)23/h2-5,8,12H,6-7H2,1H3,(H,22,23)(H,18,19,21). The number of benzene rings is 1. The second-order valence-corrected chi connectivity index (χ2v) is 7.86. The lowest BCUT2D eigenvalue weighted by Crippen LogP contribution is -2.32. The fourth-order valence-electron chi connectivity index (χ4n) is 2.45. The molecule has 1 saturated heterocycles. The molecule has 10 heteroatoms. The zero-order valence-electron chi connectivity index (χ0n) is 14.2. The molecular weight excluding hydrogens is 390 g/mol. The largest absolute Gasteiger partial charge is 0.481 e. The molecule has 27 heavy (non-hydrogen) atoms. The average Bonchev–Trinajstić information content (AvgIpc) is 3.12. The number of aryl methyl sites for hydroxylation is 1. The molecule has 0 aliphatic carbocycles. The van der Waals surface area contributed by atoms with Gasteiger partial charge in [-0.1, -0.05) is 17.7 Å². The summed E-state index contributed by atoms with van der Waals surface area (Å²) in [5, 5.41) is 11.9. The first-order valence-electron chi connectivity index (χ1n) is 7.91. The van der Waals surface area contributed by atoms with Gasteiger partial charge in [0.1, 0.15) is 5.25 Å². The van der Waals surface area contributed by atoms with Gasteiger partial charge < -0.3 is 10.4 Å². The summed E-state index contributed by atoms with van der Waals surface area (Å²) in [6.07, 6.45) is -0.408. The van der Waals surface area contributed by atoms with Crippen molar-refractivity contribution in [3.05, 3.63) is 40.9 Å². The fraction of sp³-hybridized carbons (Fsp3) is 0.235. The lowest BCUT2D eigenvalue weighted by atomic mass is 10.2. The number of anilines is 2. The Balaban J connectivity index is 1.62. The van der Waals surface area contributed by atoms with Gasteiger partial charge in [0.15, 0.2) is 5.13 Å². The van der Waals surface area contributed by atoms with Gasteiger partial charge in [0.2, 0.25) is 11.8 Å². The molecule has 140 valence electrons. The van der Waals surface area contributed by atoms with Crippen molar-refractivity contribution in [1.29, 1.82) is 0 Å². The first-order chi connectivity index (χ1) is 12.8. The summed E-state index contributed by atoms with van der Waals surface area (Å²) in [6, 6.07) is 6.98. The number of aliphatic carboxylic acids is 1. The number of carboxylic acid groups (broad SMARTS) is 1. The molecule has 1 aliphatic rings. The highest BCUT2D eigenvalue weighted by Crippen LogP contribution is 2.33. The second-order valence-electron chi connectivity index (χ2n) is 5.85. The Morgan fingerprint density at radius 1 is 1.26 bits per heavy atom. The minimum Gasteiger partial charge on any atom is -0.481 e. The quantitative estimate of drug-likeness (QED) is 0.759. The first kappa shape index (κ1) is 19.1. The predicted octanol–water partition coefficient (Wildman–Crippen LogP) is 2.68. The van der Waals surface area contributed by atoms with Gasteiger partial charge in [-0.05, 0) is 30.8 Å². The number of thioether (sulfide) groups is 1. The molecule has 1 unspecified atom stereocenters. The Kier molecular flexibility index (Phi) is 5.57. The number of rotatable bonds is 6. The van der Waals surface area contributed by atoms with Crippen LogP contribution in [0.25, 0.3) is 0 Å².